The van der Waals surface area contributed by atoms with Crippen molar-refractivity contribution in [1.29, 1.82) is 0 Å². The Morgan fingerprint density at radius 2 is 2.00 bits per heavy atom. The molecule has 0 fully saturated rings. The van der Waals surface area contributed by atoms with Crippen molar-refractivity contribution in [2.45, 2.75) is 19.5 Å². The molecule has 3 N–H and O–H groups in total. The lowest BCUT2D eigenvalue weighted by Gasteiger charge is -2.15. The normalized spacial score (nSPS) is 12.5. The van der Waals surface area contributed by atoms with Gasteiger partial charge in [0.1, 0.15) is 11.5 Å². The minimum Gasteiger partial charge on any atom is -0.508 e. The molecule has 0 aliphatic rings. The van der Waals surface area contributed by atoms with Crippen LogP contribution < -0.4 is 5.32 Å². The van der Waals surface area contributed by atoms with Gasteiger partial charge in [0.05, 0.1) is 6.54 Å². The van der Waals surface area contributed by atoms with Crippen molar-refractivity contribution in [3.63, 3.8) is 0 Å². The van der Waals surface area contributed by atoms with Crippen LogP contribution in [-0.2, 0) is 6.54 Å². The molecule has 0 bridgehead atoms. The Morgan fingerprint density at radius 1 is 1.28 bits per heavy atom. The van der Waals surface area contributed by atoms with Crippen LogP contribution >= 0.6 is 0 Å². The van der Waals surface area contributed by atoms with Crippen molar-refractivity contribution in [2.24, 2.45) is 0 Å². The summed E-state index contributed by atoms with van der Waals surface area (Å²) in [5, 5.41) is 26.3. The van der Waals surface area contributed by atoms with Gasteiger partial charge in [0.25, 0.3) is 0 Å². The number of nitrogens with zero attached hydrogens (tertiary/aromatic N) is 2. The van der Waals surface area contributed by atoms with Crippen LogP contribution in [0.3, 0.4) is 0 Å². The van der Waals surface area contributed by atoms with Crippen LogP contribution in [0.5, 0.6) is 11.5 Å². The van der Waals surface area contributed by atoms with Crippen molar-refractivity contribution in [2.75, 3.05) is 6.54 Å². The van der Waals surface area contributed by atoms with Crippen LogP contribution in [0.4, 0.5) is 0 Å². The Bertz CT molecular complexity index is 477. The molecule has 1 aromatic carbocycles. The van der Waals surface area contributed by atoms with Crippen LogP contribution in [0.25, 0.3) is 0 Å². The second-order valence-corrected chi connectivity index (χ2v) is 4.23. The second-order valence-electron chi connectivity index (χ2n) is 4.23. The van der Waals surface area contributed by atoms with Crippen LogP contribution in [0.15, 0.2) is 36.7 Å². The lowest BCUT2D eigenvalue weighted by molar-refractivity contribution is 0.444. The number of phenolic OH excluding ortho intramolecular Hbond substituents is 2. The van der Waals surface area contributed by atoms with Gasteiger partial charge in [-0.3, -0.25) is 4.68 Å². The van der Waals surface area contributed by atoms with E-state index in [0.717, 1.165) is 18.7 Å². The molecule has 5 nitrogen and oxygen atoms in total. The first kappa shape index (κ1) is 12.4. The molecular weight excluding hydrogens is 230 g/mol. The molecule has 0 saturated carbocycles. The molecule has 0 spiro atoms. The largest absolute Gasteiger partial charge is 0.508 e. The van der Waals surface area contributed by atoms with Gasteiger partial charge in [0, 0.05) is 31.0 Å². The number of phenols is 2. The molecule has 1 aromatic heterocycles. The summed E-state index contributed by atoms with van der Waals surface area (Å²) in [4.78, 5) is 0. The fourth-order valence-corrected chi connectivity index (χ4v) is 1.81. The van der Waals surface area contributed by atoms with E-state index in [1.54, 1.807) is 18.3 Å². The predicted octanol–water partition coefficient (Wildman–Crippen LogP) is 1.65. The third kappa shape index (κ3) is 3.24. The molecule has 2 rings (SSSR count). The fraction of sp³-hybridized carbons (Fsp3) is 0.308. The second kappa shape index (κ2) is 5.55. The zero-order chi connectivity index (χ0) is 13.0. The average molecular weight is 247 g/mol. The van der Waals surface area contributed by atoms with E-state index in [0.29, 0.717) is 0 Å². The Kier molecular flexibility index (Phi) is 3.84. The first-order valence-corrected chi connectivity index (χ1v) is 5.89. The topological polar surface area (TPSA) is 70.3 Å². The standard InChI is InChI=1S/C13H17N3O2/c1-10(11-7-12(17)9-13(18)8-11)14-4-6-16-5-2-3-15-16/h2-3,5,7-10,14,17-18H,4,6H2,1H3. The lowest BCUT2D eigenvalue weighted by atomic mass is 10.1. The lowest BCUT2D eigenvalue weighted by Crippen LogP contribution is -2.23. The minimum atomic E-state index is 0.0542. The average Bonchev–Trinajstić information content (AvgIpc) is 2.80. The van der Waals surface area contributed by atoms with Crippen molar-refractivity contribution >= 4 is 0 Å². The number of aromatic hydroxyl groups is 2. The van der Waals surface area contributed by atoms with Crippen molar-refractivity contribution in [3.8, 4) is 11.5 Å². The SMILES string of the molecule is CC(NCCn1cccn1)c1cc(O)cc(O)c1. The molecule has 0 radical (unpaired) electrons. The van der Waals surface area contributed by atoms with Gasteiger partial charge in [-0.2, -0.15) is 5.10 Å². The molecule has 18 heavy (non-hydrogen) atoms. The van der Waals surface area contributed by atoms with Gasteiger partial charge in [-0.05, 0) is 30.7 Å². The first-order valence-electron chi connectivity index (χ1n) is 5.89. The van der Waals surface area contributed by atoms with E-state index in [4.69, 9.17) is 0 Å². The van der Waals surface area contributed by atoms with Crippen molar-refractivity contribution in [3.05, 3.63) is 42.2 Å². The Hall–Kier alpha value is -2.01. The monoisotopic (exact) mass is 247 g/mol. The molecule has 5 heteroatoms. The van der Waals surface area contributed by atoms with Gasteiger partial charge >= 0.3 is 0 Å². The van der Waals surface area contributed by atoms with E-state index in [1.807, 2.05) is 23.9 Å². The molecule has 0 amide bonds. The van der Waals surface area contributed by atoms with E-state index < -0.39 is 0 Å². The van der Waals surface area contributed by atoms with E-state index in [9.17, 15) is 10.2 Å². The summed E-state index contributed by atoms with van der Waals surface area (Å²) in [5.41, 5.74) is 0.855. The van der Waals surface area contributed by atoms with Gasteiger partial charge in [-0.25, -0.2) is 0 Å². The van der Waals surface area contributed by atoms with Crippen LogP contribution in [0, 0.1) is 0 Å². The zero-order valence-electron chi connectivity index (χ0n) is 10.2. The number of rotatable bonds is 5. The van der Waals surface area contributed by atoms with Gasteiger partial charge < -0.3 is 15.5 Å². The maximum Gasteiger partial charge on any atom is 0.119 e. The van der Waals surface area contributed by atoms with Crippen molar-refractivity contribution < 1.29 is 10.2 Å². The number of aromatic nitrogens is 2. The highest BCUT2D eigenvalue weighted by atomic mass is 16.3. The first-order chi connectivity index (χ1) is 8.65. The van der Waals surface area contributed by atoms with Gasteiger partial charge in [0.15, 0.2) is 0 Å². The minimum absolute atomic E-state index is 0.0542. The molecule has 2 aromatic rings. The number of benzene rings is 1. The maximum absolute atomic E-state index is 9.42. The summed E-state index contributed by atoms with van der Waals surface area (Å²) in [6.45, 7) is 3.53. The van der Waals surface area contributed by atoms with Gasteiger partial charge in [-0.1, -0.05) is 0 Å². The molecular formula is C13H17N3O2. The van der Waals surface area contributed by atoms with Crippen molar-refractivity contribution in [1.82, 2.24) is 15.1 Å². The smallest absolute Gasteiger partial charge is 0.119 e. The highest BCUT2D eigenvalue weighted by Crippen LogP contribution is 2.24. The molecule has 0 aliphatic carbocycles. The zero-order valence-corrected chi connectivity index (χ0v) is 10.2. The van der Waals surface area contributed by atoms with Gasteiger partial charge in [0.2, 0.25) is 0 Å². The molecule has 1 heterocycles. The third-order valence-electron chi connectivity index (χ3n) is 2.78. The van der Waals surface area contributed by atoms with E-state index in [2.05, 4.69) is 10.4 Å². The van der Waals surface area contributed by atoms with Gasteiger partial charge in [-0.15, -0.1) is 0 Å². The summed E-state index contributed by atoms with van der Waals surface area (Å²) >= 11 is 0. The number of nitrogens with one attached hydrogen (secondary N) is 1. The Morgan fingerprint density at radius 3 is 2.61 bits per heavy atom. The van der Waals surface area contributed by atoms with E-state index in [-0.39, 0.29) is 17.5 Å². The van der Waals surface area contributed by atoms with Crippen LogP contribution in [-0.4, -0.2) is 26.5 Å². The highest BCUT2D eigenvalue weighted by Gasteiger charge is 2.07. The number of hydrogen-bond donors (Lipinski definition) is 3. The Balaban J connectivity index is 1.89. The summed E-state index contributed by atoms with van der Waals surface area (Å²) in [7, 11) is 0. The predicted molar refractivity (Wildman–Crippen MR) is 68.4 cm³/mol. The molecule has 0 aliphatic heterocycles. The summed E-state index contributed by atoms with van der Waals surface area (Å²) in [6, 6.07) is 6.55. The summed E-state index contributed by atoms with van der Waals surface area (Å²) in [5.74, 6) is 0.149. The summed E-state index contributed by atoms with van der Waals surface area (Å²) < 4.78 is 1.85. The molecule has 1 atom stereocenters. The maximum atomic E-state index is 9.42. The quantitative estimate of drug-likeness (QED) is 0.751. The third-order valence-corrected chi connectivity index (χ3v) is 2.78. The fourth-order valence-electron chi connectivity index (χ4n) is 1.81. The van der Waals surface area contributed by atoms with Crippen LogP contribution in [0.1, 0.15) is 18.5 Å². The molecule has 96 valence electrons. The number of hydrogen-bond acceptors (Lipinski definition) is 4. The van der Waals surface area contributed by atoms with E-state index in [1.165, 1.54) is 6.07 Å². The Labute approximate surface area is 106 Å². The summed E-state index contributed by atoms with van der Waals surface area (Å²) in [6.07, 6.45) is 3.66. The van der Waals surface area contributed by atoms with E-state index >= 15 is 0 Å². The van der Waals surface area contributed by atoms with Crippen LogP contribution in [0.2, 0.25) is 0 Å². The molecule has 1 unspecified atom stereocenters. The highest BCUT2D eigenvalue weighted by molar-refractivity contribution is 5.37. The molecule has 0 saturated heterocycles.